The summed E-state index contributed by atoms with van der Waals surface area (Å²) in [6.45, 7) is 2.02. The molecule has 0 spiro atoms. The highest BCUT2D eigenvalue weighted by molar-refractivity contribution is 5.54. The lowest BCUT2D eigenvalue weighted by Gasteiger charge is -2.11. The summed E-state index contributed by atoms with van der Waals surface area (Å²) in [5.74, 6) is 0.184. The van der Waals surface area contributed by atoms with Crippen LogP contribution in [0.25, 0.3) is 11.4 Å². The number of aryl methyl sites for hydroxylation is 1. The average Bonchev–Trinajstić information content (AvgIpc) is 2.87. The maximum atomic E-state index is 13.2. The van der Waals surface area contributed by atoms with Gasteiger partial charge in [0.25, 0.3) is 0 Å². The molecule has 19 heavy (non-hydrogen) atoms. The Hall–Kier alpha value is -1.86. The van der Waals surface area contributed by atoms with Crippen LogP contribution in [0.1, 0.15) is 5.56 Å². The molecule has 102 valence electrons. The first kappa shape index (κ1) is 13.6. The van der Waals surface area contributed by atoms with Gasteiger partial charge in [-0.25, -0.2) is 4.39 Å². The number of ether oxygens (including phenoxy) is 2. The van der Waals surface area contributed by atoms with Crippen molar-refractivity contribution in [2.24, 2.45) is 0 Å². The first-order valence-electron chi connectivity index (χ1n) is 5.74. The number of aromatic nitrogens is 4. The van der Waals surface area contributed by atoms with Crippen molar-refractivity contribution in [3.05, 3.63) is 29.6 Å². The van der Waals surface area contributed by atoms with Crippen LogP contribution in [0.4, 0.5) is 4.39 Å². The number of halogens is 1. The van der Waals surface area contributed by atoms with Gasteiger partial charge in [0, 0.05) is 19.8 Å². The minimum Gasteiger partial charge on any atom is -0.354 e. The molecule has 6 nitrogen and oxygen atoms in total. The normalized spacial score (nSPS) is 11.2. The fraction of sp³-hybridized carbons (Fsp3) is 0.417. The van der Waals surface area contributed by atoms with Gasteiger partial charge in [0.05, 0.1) is 0 Å². The van der Waals surface area contributed by atoms with Gasteiger partial charge >= 0.3 is 0 Å². The van der Waals surface area contributed by atoms with E-state index in [0.717, 1.165) is 5.56 Å². The van der Waals surface area contributed by atoms with Crippen LogP contribution >= 0.6 is 0 Å². The third-order valence-electron chi connectivity index (χ3n) is 2.71. The first-order valence-corrected chi connectivity index (χ1v) is 5.74. The molecule has 0 unspecified atom stereocenters. The van der Waals surface area contributed by atoms with Crippen molar-refractivity contribution in [1.82, 2.24) is 20.2 Å². The van der Waals surface area contributed by atoms with Crippen molar-refractivity contribution in [3.63, 3.8) is 0 Å². The minimum absolute atomic E-state index is 0.255. The molecule has 0 N–H and O–H groups in total. The van der Waals surface area contributed by atoms with Crippen LogP contribution in [0.5, 0.6) is 0 Å². The molecule has 0 fully saturated rings. The van der Waals surface area contributed by atoms with Crippen molar-refractivity contribution in [2.75, 3.05) is 14.2 Å². The zero-order valence-corrected chi connectivity index (χ0v) is 11.0. The molecule has 0 aliphatic carbocycles. The highest BCUT2D eigenvalue weighted by atomic mass is 19.1. The monoisotopic (exact) mass is 266 g/mol. The van der Waals surface area contributed by atoms with Crippen molar-refractivity contribution < 1.29 is 13.9 Å². The van der Waals surface area contributed by atoms with Crippen molar-refractivity contribution in [1.29, 1.82) is 0 Å². The quantitative estimate of drug-likeness (QED) is 0.766. The van der Waals surface area contributed by atoms with Crippen molar-refractivity contribution in [3.8, 4) is 11.4 Å². The number of rotatable bonds is 5. The second-order valence-electron chi connectivity index (χ2n) is 4.03. The average molecular weight is 266 g/mol. The lowest BCUT2D eigenvalue weighted by Crippen LogP contribution is -2.22. The Morgan fingerprint density at radius 1 is 1.32 bits per heavy atom. The van der Waals surface area contributed by atoms with E-state index in [1.807, 2.05) is 0 Å². The third-order valence-corrected chi connectivity index (χ3v) is 2.71. The largest absolute Gasteiger partial charge is 0.354 e. The van der Waals surface area contributed by atoms with Crippen LogP contribution in [-0.2, 0) is 16.0 Å². The summed E-state index contributed by atoms with van der Waals surface area (Å²) in [7, 11) is 3.07. The third kappa shape index (κ3) is 3.12. The fourth-order valence-corrected chi connectivity index (χ4v) is 1.60. The molecule has 0 aliphatic rings. The van der Waals surface area contributed by atoms with Crippen LogP contribution in [0.3, 0.4) is 0 Å². The second kappa shape index (κ2) is 5.85. The highest BCUT2D eigenvalue weighted by Gasteiger charge is 2.11. The summed E-state index contributed by atoms with van der Waals surface area (Å²) in [4.78, 5) is 1.38. The molecule has 0 radical (unpaired) electrons. The number of methoxy groups -OCH3 is 2. The molecule has 1 aromatic heterocycles. The smallest absolute Gasteiger partial charge is 0.204 e. The Balaban J connectivity index is 2.18. The Morgan fingerprint density at radius 2 is 2.05 bits per heavy atom. The maximum Gasteiger partial charge on any atom is 0.204 e. The molecule has 0 bridgehead atoms. The van der Waals surface area contributed by atoms with Gasteiger partial charge in [-0.3, -0.25) is 0 Å². The molecule has 1 heterocycles. The van der Waals surface area contributed by atoms with Crippen LogP contribution in [0, 0.1) is 12.7 Å². The highest BCUT2D eigenvalue weighted by Crippen LogP contribution is 2.17. The van der Waals surface area contributed by atoms with Gasteiger partial charge in [0.2, 0.25) is 5.82 Å². The predicted octanol–water partition coefficient (Wildman–Crippen LogP) is 1.41. The topological polar surface area (TPSA) is 62.1 Å². The zero-order chi connectivity index (χ0) is 13.8. The predicted molar refractivity (Wildman–Crippen MR) is 65.8 cm³/mol. The minimum atomic E-state index is -0.433. The number of tetrazole rings is 1. The molecular weight excluding hydrogens is 251 g/mol. The number of benzene rings is 1. The number of hydrogen-bond acceptors (Lipinski definition) is 5. The van der Waals surface area contributed by atoms with E-state index in [1.54, 1.807) is 19.1 Å². The van der Waals surface area contributed by atoms with Crippen LogP contribution in [0.15, 0.2) is 18.2 Å². The molecule has 0 saturated heterocycles. The molecular formula is C12H15FN4O2. The lowest BCUT2D eigenvalue weighted by molar-refractivity contribution is -0.114. The standard InChI is InChI=1S/C12H15FN4O2/c1-8-6-9(4-5-10(8)13)12-14-16-17(15-12)7-11(18-2)19-3/h4-6,11H,7H2,1-3H3. The van der Waals surface area contributed by atoms with Crippen LogP contribution in [-0.4, -0.2) is 40.7 Å². The van der Waals surface area contributed by atoms with E-state index < -0.39 is 6.29 Å². The molecule has 0 atom stereocenters. The molecule has 2 aromatic rings. The Kier molecular flexibility index (Phi) is 4.18. The molecule has 2 rings (SSSR count). The van der Waals surface area contributed by atoms with Gasteiger partial charge in [-0.15, -0.1) is 10.2 Å². The summed E-state index contributed by atoms with van der Waals surface area (Å²) in [5.41, 5.74) is 1.26. The van der Waals surface area contributed by atoms with E-state index in [9.17, 15) is 4.39 Å². The van der Waals surface area contributed by atoms with Gasteiger partial charge in [0.15, 0.2) is 6.29 Å². The van der Waals surface area contributed by atoms with Gasteiger partial charge in [-0.1, -0.05) is 0 Å². The van der Waals surface area contributed by atoms with Gasteiger partial charge in [0.1, 0.15) is 12.4 Å². The molecule has 0 aliphatic heterocycles. The SMILES string of the molecule is COC(Cn1nnc(-c2ccc(F)c(C)c2)n1)OC. The molecule has 1 aromatic carbocycles. The molecule has 0 amide bonds. The van der Waals surface area contributed by atoms with Crippen molar-refractivity contribution in [2.45, 2.75) is 19.8 Å². The van der Waals surface area contributed by atoms with Crippen molar-refractivity contribution >= 4 is 0 Å². The van der Waals surface area contributed by atoms with E-state index in [2.05, 4.69) is 15.4 Å². The van der Waals surface area contributed by atoms with E-state index in [-0.39, 0.29) is 5.82 Å². The number of hydrogen-bond donors (Lipinski definition) is 0. The summed E-state index contributed by atoms with van der Waals surface area (Å²) in [5, 5.41) is 12.0. The zero-order valence-electron chi connectivity index (χ0n) is 11.0. The maximum absolute atomic E-state index is 13.2. The summed E-state index contributed by atoms with van der Waals surface area (Å²) >= 11 is 0. The first-order chi connectivity index (χ1) is 9.13. The lowest BCUT2D eigenvalue weighted by atomic mass is 10.1. The molecule has 7 heteroatoms. The van der Waals surface area contributed by atoms with Gasteiger partial charge < -0.3 is 9.47 Å². The van der Waals surface area contributed by atoms with Crippen LogP contribution < -0.4 is 0 Å². The Morgan fingerprint density at radius 3 is 2.68 bits per heavy atom. The molecule has 0 saturated carbocycles. The van der Waals surface area contributed by atoms with Gasteiger partial charge in [-0.2, -0.15) is 4.80 Å². The van der Waals surface area contributed by atoms with Gasteiger partial charge in [-0.05, 0) is 35.9 Å². The van der Waals surface area contributed by atoms with E-state index in [4.69, 9.17) is 9.47 Å². The summed E-state index contributed by atoms with van der Waals surface area (Å²) in [6.07, 6.45) is -0.433. The summed E-state index contributed by atoms with van der Waals surface area (Å²) in [6, 6.07) is 4.69. The Labute approximate surface area is 110 Å². The van der Waals surface area contributed by atoms with E-state index in [0.29, 0.717) is 17.9 Å². The van der Waals surface area contributed by atoms with E-state index in [1.165, 1.54) is 25.1 Å². The summed E-state index contributed by atoms with van der Waals surface area (Å²) < 4.78 is 23.3. The van der Waals surface area contributed by atoms with Crippen LogP contribution in [0.2, 0.25) is 0 Å². The second-order valence-corrected chi connectivity index (χ2v) is 4.03. The Bertz CT molecular complexity index is 554. The van der Waals surface area contributed by atoms with E-state index >= 15 is 0 Å². The fourth-order valence-electron chi connectivity index (χ4n) is 1.60. The number of nitrogens with zero attached hydrogens (tertiary/aromatic N) is 4.